The van der Waals surface area contributed by atoms with Crippen molar-refractivity contribution in [1.82, 2.24) is 0 Å². The van der Waals surface area contributed by atoms with Gasteiger partial charge in [0.2, 0.25) is 0 Å². The molecule has 2 unspecified atom stereocenters. The number of carbonyl (C=O) groups is 3. The molecule has 0 aromatic rings. The van der Waals surface area contributed by atoms with E-state index in [1.165, 1.54) is 0 Å². The van der Waals surface area contributed by atoms with Gasteiger partial charge in [-0.1, -0.05) is 6.58 Å². The minimum atomic E-state index is -1.16. The normalized spacial score (nSPS) is 12.5. The first-order valence-electron chi connectivity index (χ1n) is 4.81. The van der Waals surface area contributed by atoms with Gasteiger partial charge in [0, 0.05) is 11.5 Å². The highest BCUT2D eigenvalue weighted by Gasteiger charge is 2.15. The fourth-order valence-corrected chi connectivity index (χ4v) is 1.39. The van der Waals surface area contributed by atoms with E-state index in [2.05, 4.69) is 12.3 Å². The molecule has 0 aromatic heterocycles. The van der Waals surface area contributed by atoms with Gasteiger partial charge in [0.05, 0.1) is 0 Å². The molecule has 0 bridgehead atoms. The average Bonchev–Trinajstić information content (AvgIpc) is 2.28. The minimum Gasteiger partial charge on any atom is -0.480 e. The maximum atomic E-state index is 10.2. The number of hydrogen-bond donors (Lipinski definition) is 6. The molecule has 0 radical (unpaired) electrons. The highest BCUT2D eigenvalue weighted by atomic mass is 32.2. The molecule has 0 aliphatic rings. The predicted molar refractivity (Wildman–Crippen MR) is 69.5 cm³/mol. The number of thioether (sulfide) groups is 1. The molecule has 19 heavy (non-hydrogen) atoms. The van der Waals surface area contributed by atoms with Crippen LogP contribution in [0.2, 0.25) is 0 Å². The van der Waals surface area contributed by atoms with Crippen LogP contribution in [0.15, 0.2) is 12.3 Å². The van der Waals surface area contributed by atoms with Gasteiger partial charge in [-0.2, -0.15) is 11.8 Å². The molecule has 9 nitrogen and oxygen atoms in total. The summed E-state index contributed by atoms with van der Waals surface area (Å²) in [6, 6.07) is -1.93. The fraction of sp³-hybridized carbons (Fsp3) is 0.444. The summed E-state index contributed by atoms with van der Waals surface area (Å²) in [5.41, 5.74) is 14.7. The van der Waals surface area contributed by atoms with Gasteiger partial charge >= 0.3 is 17.9 Å². The van der Waals surface area contributed by atoms with Crippen molar-refractivity contribution in [2.24, 2.45) is 17.2 Å². The monoisotopic (exact) mass is 295 g/mol. The van der Waals surface area contributed by atoms with Crippen molar-refractivity contribution in [3.8, 4) is 0 Å². The van der Waals surface area contributed by atoms with Crippen LogP contribution in [0.5, 0.6) is 0 Å². The summed E-state index contributed by atoms with van der Waals surface area (Å²) in [5, 5.41) is 24.5. The summed E-state index contributed by atoms with van der Waals surface area (Å²) >= 11 is 1.11. The molecule has 0 amide bonds. The molecular weight excluding hydrogens is 278 g/mol. The van der Waals surface area contributed by atoms with Crippen molar-refractivity contribution in [1.29, 1.82) is 0 Å². The van der Waals surface area contributed by atoms with Crippen molar-refractivity contribution in [2.75, 3.05) is 11.5 Å². The van der Waals surface area contributed by atoms with Crippen molar-refractivity contribution in [3.63, 3.8) is 0 Å². The summed E-state index contributed by atoms with van der Waals surface area (Å²) < 4.78 is 0. The Labute approximate surface area is 113 Å². The zero-order valence-corrected chi connectivity index (χ0v) is 10.8. The van der Waals surface area contributed by atoms with Crippen molar-refractivity contribution in [3.05, 3.63) is 12.3 Å². The number of hydrogen-bond acceptors (Lipinski definition) is 7. The molecule has 110 valence electrons. The standard InChI is InChI=1S/C6H12N2O4S.C3H5NO2/c7-3(5(9)10)1-13-2-4(8)6(11)12;1-2(4)3(5)6/h3-4H,1-2,7-8H2,(H,9,10)(H,11,12);1,4H2,(H,5,6). The van der Waals surface area contributed by atoms with Crippen LogP contribution in [0.4, 0.5) is 0 Å². The van der Waals surface area contributed by atoms with Crippen LogP contribution >= 0.6 is 11.8 Å². The highest BCUT2D eigenvalue weighted by Crippen LogP contribution is 2.03. The van der Waals surface area contributed by atoms with E-state index < -0.39 is 30.0 Å². The number of carboxylic acid groups (broad SMARTS) is 3. The number of aliphatic carboxylic acids is 3. The minimum absolute atomic E-state index is 0.163. The van der Waals surface area contributed by atoms with Crippen molar-refractivity contribution >= 4 is 29.7 Å². The molecule has 0 aliphatic heterocycles. The van der Waals surface area contributed by atoms with Gasteiger partial charge in [-0.25, -0.2) is 4.79 Å². The second kappa shape index (κ2) is 10.2. The number of rotatable bonds is 7. The molecule has 9 N–H and O–H groups in total. The van der Waals surface area contributed by atoms with Crippen LogP contribution in [-0.2, 0) is 14.4 Å². The summed E-state index contributed by atoms with van der Waals surface area (Å²) in [4.78, 5) is 29.9. The van der Waals surface area contributed by atoms with Crippen LogP contribution in [0.1, 0.15) is 0 Å². The van der Waals surface area contributed by atoms with Crippen molar-refractivity contribution < 1.29 is 29.7 Å². The third-order valence-corrected chi connectivity index (χ3v) is 2.69. The molecular formula is C9H17N3O6S. The van der Waals surface area contributed by atoms with Gasteiger partial charge in [0.1, 0.15) is 17.8 Å². The van der Waals surface area contributed by atoms with Gasteiger partial charge in [0.15, 0.2) is 0 Å². The average molecular weight is 295 g/mol. The van der Waals surface area contributed by atoms with Gasteiger partial charge < -0.3 is 32.5 Å². The van der Waals surface area contributed by atoms with E-state index in [0.29, 0.717) is 0 Å². The predicted octanol–water partition coefficient (Wildman–Crippen LogP) is -1.91. The first-order valence-corrected chi connectivity index (χ1v) is 5.97. The third-order valence-electron chi connectivity index (χ3n) is 1.50. The van der Waals surface area contributed by atoms with Gasteiger partial charge in [-0.3, -0.25) is 9.59 Å². The van der Waals surface area contributed by atoms with Crippen LogP contribution in [0.3, 0.4) is 0 Å². The zero-order valence-electron chi connectivity index (χ0n) is 9.98. The molecule has 0 rings (SSSR count). The van der Waals surface area contributed by atoms with Gasteiger partial charge in [-0.05, 0) is 0 Å². The Bertz CT molecular complexity index is 317. The van der Waals surface area contributed by atoms with E-state index in [4.69, 9.17) is 26.8 Å². The Hall–Kier alpha value is -1.78. The van der Waals surface area contributed by atoms with Gasteiger partial charge in [0.25, 0.3) is 0 Å². The SMILES string of the molecule is C=C(N)C(=O)O.NC(CSCC(N)C(=O)O)C(=O)O. The lowest BCUT2D eigenvalue weighted by molar-refractivity contribution is -0.138. The van der Waals surface area contributed by atoms with E-state index in [0.717, 1.165) is 11.8 Å². The zero-order chi connectivity index (χ0) is 15.6. The molecule has 0 aliphatic carbocycles. The van der Waals surface area contributed by atoms with E-state index in [1.54, 1.807) is 0 Å². The summed E-state index contributed by atoms with van der Waals surface area (Å²) in [6.07, 6.45) is 0. The lowest BCUT2D eigenvalue weighted by Crippen LogP contribution is -2.36. The molecule has 2 atom stereocenters. The Morgan fingerprint density at radius 3 is 1.42 bits per heavy atom. The Kier molecular flexibility index (Phi) is 10.5. The van der Waals surface area contributed by atoms with E-state index >= 15 is 0 Å². The smallest absolute Gasteiger partial charge is 0.351 e. The first kappa shape index (κ1) is 19.6. The maximum absolute atomic E-state index is 10.2. The molecule has 0 saturated heterocycles. The van der Waals surface area contributed by atoms with Crippen molar-refractivity contribution in [2.45, 2.75) is 12.1 Å². The van der Waals surface area contributed by atoms with Gasteiger partial charge in [-0.15, -0.1) is 0 Å². The lowest BCUT2D eigenvalue weighted by Gasteiger charge is -2.07. The molecule has 0 fully saturated rings. The highest BCUT2D eigenvalue weighted by molar-refractivity contribution is 7.99. The van der Waals surface area contributed by atoms with Crippen LogP contribution in [-0.4, -0.2) is 56.8 Å². The maximum Gasteiger partial charge on any atom is 0.351 e. The van der Waals surface area contributed by atoms with Crippen LogP contribution in [0.25, 0.3) is 0 Å². The second-order valence-electron chi connectivity index (χ2n) is 3.26. The Balaban J connectivity index is 0. The second-order valence-corrected chi connectivity index (χ2v) is 4.33. The molecule has 0 spiro atoms. The molecule has 0 aromatic carbocycles. The number of nitrogens with two attached hydrogens (primary N) is 3. The molecule has 10 heteroatoms. The summed E-state index contributed by atoms with van der Waals surface area (Å²) in [6.45, 7) is 2.93. The summed E-state index contributed by atoms with van der Waals surface area (Å²) in [7, 11) is 0. The molecule has 0 heterocycles. The first-order chi connectivity index (χ1) is 8.59. The van der Waals surface area contributed by atoms with Crippen LogP contribution in [0, 0.1) is 0 Å². The molecule has 0 saturated carbocycles. The topological polar surface area (TPSA) is 190 Å². The quantitative estimate of drug-likeness (QED) is 0.289. The lowest BCUT2D eigenvalue weighted by atomic mass is 10.4. The fourth-order valence-electron chi connectivity index (χ4n) is 0.465. The van der Waals surface area contributed by atoms with E-state index in [-0.39, 0.29) is 17.2 Å². The Morgan fingerprint density at radius 1 is 1.00 bits per heavy atom. The largest absolute Gasteiger partial charge is 0.480 e. The van der Waals surface area contributed by atoms with E-state index in [9.17, 15) is 14.4 Å². The number of carboxylic acids is 3. The third kappa shape index (κ3) is 12.5. The summed E-state index contributed by atoms with van der Waals surface area (Å²) in [5.74, 6) is -3.03. The van der Waals surface area contributed by atoms with Crippen LogP contribution < -0.4 is 17.2 Å². The Morgan fingerprint density at radius 2 is 1.26 bits per heavy atom. The van der Waals surface area contributed by atoms with E-state index in [1.807, 2.05) is 0 Å².